The van der Waals surface area contributed by atoms with Gasteiger partial charge in [0.05, 0.1) is 6.61 Å². The molecule has 0 fully saturated rings. The van der Waals surface area contributed by atoms with E-state index in [2.05, 4.69) is 10.3 Å². The molecule has 0 unspecified atom stereocenters. The van der Waals surface area contributed by atoms with E-state index >= 15 is 0 Å². The van der Waals surface area contributed by atoms with Crippen LogP contribution in [-0.4, -0.2) is 19.1 Å². The predicted molar refractivity (Wildman–Crippen MR) is 71.0 cm³/mol. The molecule has 0 bridgehead atoms. The molecule has 1 aromatic carbocycles. The van der Waals surface area contributed by atoms with Crippen molar-refractivity contribution < 1.29 is 9.47 Å². The van der Waals surface area contributed by atoms with Crippen molar-refractivity contribution in [3.63, 3.8) is 0 Å². The molecule has 4 nitrogen and oxygen atoms in total. The number of pyridine rings is 1. The average molecular weight is 244 g/mol. The predicted octanol–water partition coefficient (Wildman–Crippen LogP) is 3.06. The maximum Gasteiger partial charge on any atom is 0.132 e. The summed E-state index contributed by atoms with van der Waals surface area (Å²) < 4.78 is 10.9. The third-order valence-corrected chi connectivity index (χ3v) is 2.43. The lowest BCUT2D eigenvalue weighted by Crippen LogP contribution is -1.93. The summed E-state index contributed by atoms with van der Waals surface area (Å²) in [5.41, 5.74) is 1.08. The van der Waals surface area contributed by atoms with E-state index in [0.717, 1.165) is 22.9 Å². The molecule has 0 saturated heterocycles. The third kappa shape index (κ3) is 3.21. The van der Waals surface area contributed by atoms with Crippen LogP contribution in [0.2, 0.25) is 0 Å². The fraction of sp³-hybridized carbons (Fsp3) is 0.214. The molecule has 1 N–H and O–H groups in total. The van der Waals surface area contributed by atoms with Crippen LogP contribution >= 0.6 is 0 Å². The van der Waals surface area contributed by atoms with E-state index in [1.807, 2.05) is 43.4 Å². The molecule has 0 radical (unpaired) electrons. The van der Waals surface area contributed by atoms with E-state index in [-0.39, 0.29) is 0 Å². The summed E-state index contributed by atoms with van der Waals surface area (Å²) >= 11 is 0. The molecule has 1 heterocycles. The van der Waals surface area contributed by atoms with Crippen LogP contribution in [0.1, 0.15) is 5.56 Å². The molecule has 94 valence electrons. The van der Waals surface area contributed by atoms with E-state index in [1.165, 1.54) is 0 Å². The third-order valence-electron chi connectivity index (χ3n) is 2.43. The van der Waals surface area contributed by atoms with Gasteiger partial charge in [-0.3, -0.25) is 0 Å². The highest BCUT2D eigenvalue weighted by atomic mass is 16.5. The van der Waals surface area contributed by atoms with Gasteiger partial charge in [-0.1, -0.05) is 12.1 Å². The van der Waals surface area contributed by atoms with Crippen LogP contribution < -0.4 is 10.1 Å². The summed E-state index contributed by atoms with van der Waals surface area (Å²) in [6.07, 6.45) is 1.71. The number of hydrogen-bond acceptors (Lipinski definition) is 4. The molecule has 0 aliphatic heterocycles. The summed E-state index contributed by atoms with van der Waals surface area (Å²) in [6.45, 7) is 0.579. The minimum atomic E-state index is 0.579. The molecule has 2 rings (SSSR count). The fourth-order valence-electron chi connectivity index (χ4n) is 1.61. The summed E-state index contributed by atoms with van der Waals surface area (Å²) in [7, 11) is 3.50. The van der Waals surface area contributed by atoms with Gasteiger partial charge in [0, 0.05) is 26.4 Å². The van der Waals surface area contributed by atoms with Gasteiger partial charge in [-0.2, -0.15) is 0 Å². The Kier molecular flexibility index (Phi) is 4.15. The molecule has 0 aliphatic rings. The molecular formula is C14H16N2O2. The van der Waals surface area contributed by atoms with E-state index in [4.69, 9.17) is 9.47 Å². The second kappa shape index (κ2) is 6.02. The molecule has 0 amide bonds. The number of benzene rings is 1. The summed E-state index contributed by atoms with van der Waals surface area (Å²) in [5.74, 6) is 2.32. The Balaban J connectivity index is 2.14. The maximum atomic E-state index is 5.77. The molecule has 18 heavy (non-hydrogen) atoms. The van der Waals surface area contributed by atoms with Crippen molar-refractivity contribution >= 4 is 5.82 Å². The highest BCUT2D eigenvalue weighted by Gasteiger charge is 2.00. The first-order valence-corrected chi connectivity index (χ1v) is 5.71. The SMILES string of the molecule is CNc1cc(Oc2cccc(COC)c2)ccn1. The minimum absolute atomic E-state index is 0.579. The average Bonchev–Trinajstić information content (AvgIpc) is 2.40. The van der Waals surface area contributed by atoms with Crippen LogP contribution in [0, 0.1) is 0 Å². The topological polar surface area (TPSA) is 43.4 Å². The Morgan fingerprint density at radius 3 is 2.78 bits per heavy atom. The zero-order valence-corrected chi connectivity index (χ0v) is 10.5. The number of hydrogen-bond donors (Lipinski definition) is 1. The van der Waals surface area contributed by atoms with Gasteiger partial charge in [0.15, 0.2) is 0 Å². The van der Waals surface area contributed by atoms with Crippen molar-refractivity contribution in [2.75, 3.05) is 19.5 Å². The van der Waals surface area contributed by atoms with E-state index in [1.54, 1.807) is 13.3 Å². The van der Waals surface area contributed by atoms with Gasteiger partial charge in [-0.05, 0) is 23.8 Å². The number of anilines is 1. The molecular weight excluding hydrogens is 228 g/mol. The van der Waals surface area contributed by atoms with Crippen LogP contribution in [0.4, 0.5) is 5.82 Å². The molecule has 0 saturated carbocycles. The first-order valence-electron chi connectivity index (χ1n) is 5.71. The molecule has 0 spiro atoms. The Labute approximate surface area is 107 Å². The summed E-state index contributed by atoms with van der Waals surface area (Å²) in [6, 6.07) is 11.5. The zero-order chi connectivity index (χ0) is 12.8. The summed E-state index contributed by atoms with van der Waals surface area (Å²) in [4.78, 5) is 4.14. The van der Waals surface area contributed by atoms with Crippen molar-refractivity contribution in [3.8, 4) is 11.5 Å². The monoisotopic (exact) mass is 244 g/mol. The first-order chi connectivity index (χ1) is 8.81. The van der Waals surface area contributed by atoms with Gasteiger partial charge in [0.1, 0.15) is 17.3 Å². The van der Waals surface area contributed by atoms with Crippen molar-refractivity contribution in [1.29, 1.82) is 0 Å². The smallest absolute Gasteiger partial charge is 0.132 e. The van der Waals surface area contributed by atoms with Crippen molar-refractivity contribution in [2.24, 2.45) is 0 Å². The van der Waals surface area contributed by atoms with Gasteiger partial charge < -0.3 is 14.8 Å². The lowest BCUT2D eigenvalue weighted by atomic mass is 10.2. The van der Waals surface area contributed by atoms with E-state index in [9.17, 15) is 0 Å². The number of rotatable bonds is 5. The highest BCUT2D eigenvalue weighted by Crippen LogP contribution is 2.23. The van der Waals surface area contributed by atoms with Gasteiger partial charge in [-0.25, -0.2) is 4.98 Å². The van der Waals surface area contributed by atoms with E-state index < -0.39 is 0 Å². The quantitative estimate of drug-likeness (QED) is 0.877. The van der Waals surface area contributed by atoms with Crippen molar-refractivity contribution in [1.82, 2.24) is 4.98 Å². The minimum Gasteiger partial charge on any atom is -0.457 e. The zero-order valence-electron chi connectivity index (χ0n) is 10.5. The Hall–Kier alpha value is -2.07. The van der Waals surface area contributed by atoms with Crippen LogP contribution in [0.15, 0.2) is 42.6 Å². The molecule has 1 aromatic heterocycles. The largest absolute Gasteiger partial charge is 0.457 e. The maximum absolute atomic E-state index is 5.77. The van der Waals surface area contributed by atoms with Crippen LogP contribution in [0.3, 0.4) is 0 Å². The number of aromatic nitrogens is 1. The van der Waals surface area contributed by atoms with E-state index in [0.29, 0.717) is 6.61 Å². The normalized spacial score (nSPS) is 10.1. The van der Waals surface area contributed by atoms with Crippen molar-refractivity contribution in [2.45, 2.75) is 6.61 Å². The Morgan fingerprint density at radius 2 is 2.00 bits per heavy atom. The van der Waals surface area contributed by atoms with Gasteiger partial charge in [-0.15, -0.1) is 0 Å². The van der Waals surface area contributed by atoms with Gasteiger partial charge in [0.25, 0.3) is 0 Å². The fourth-order valence-corrected chi connectivity index (χ4v) is 1.61. The number of ether oxygens (including phenoxy) is 2. The van der Waals surface area contributed by atoms with Crippen molar-refractivity contribution in [3.05, 3.63) is 48.2 Å². The molecule has 4 heteroatoms. The second-order valence-corrected chi connectivity index (χ2v) is 3.81. The lowest BCUT2D eigenvalue weighted by Gasteiger charge is -2.08. The van der Waals surface area contributed by atoms with Crippen LogP contribution in [-0.2, 0) is 11.3 Å². The Morgan fingerprint density at radius 1 is 1.17 bits per heavy atom. The Bertz CT molecular complexity index is 515. The molecule has 0 aliphatic carbocycles. The number of methoxy groups -OCH3 is 1. The first kappa shape index (κ1) is 12.4. The second-order valence-electron chi connectivity index (χ2n) is 3.81. The van der Waals surface area contributed by atoms with Gasteiger partial charge >= 0.3 is 0 Å². The highest BCUT2D eigenvalue weighted by molar-refractivity contribution is 5.42. The van der Waals surface area contributed by atoms with Crippen LogP contribution in [0.5, 0.6) is 11.5 Å². The molecule has 2 aromatic rings. The number of nitrogens with zero attached hydrogens (tertiary/aromatic N) is 1. The van der Waals surface area contributed by atoms with Crippen LogP contribution in [0.25, 0.3) is 0 Å². The molecule has 0 atom stereocenters. The van der Waals surface area contributed by atoms with Gasteiger partial charge in [0.2, 0.25) is 0 Å². The number of nitrogens with one attached hydrogen (secondary N) is 1. The lowest BCUT2D eigenvalue weighted by molar-refractivity contribution is 0.184. The standard InChI is InChI=1S/C14H16N2O2/c1-15-14-9-13(6-7-16-14)18-12-5-3-4-11(8-12)10-17-2/h3-9H,10H2,1-2H3,(H,15,16). The summed E-state index contributed by atoms with van der Waals surface area (Å²) in [5, 5.41) is 2.97.